The zero-order valence-corrected chi connectivity index (χ0v) is 19.3. The van der Waals surface area contributed by atoms with Gasteiger partial charge in [-0.05, 0) is 88.6 Å². The molecule has 0 unspecified atom stereocenters. The van der Waals surface area contributed by atoms with Crippen LogP contribution in [0, 0.1) is 11.8 Å². The number of aromatic nitrogens is 1. The van der Waals surface area contributed by atoms with Gasteiger partial charge in [0, 0.05) is 29.2 Å². The van der Waals surface area contributed by atoms with Crippen molar-refractivity contribution in [3.05, 3.63) is 84.1 Å². The monoisotopic (exact) mass is 439 g/mol. The van der Waals surface area contributed by atoms with Crippen LogP contribution in [0.5, 0.6) is 0 Å². The van der Waals surface area contributed by atoms with E-state index in [2.05, 4.69) is 22.1 Å². The maximum absolute atomic E-state index is 12.9. The van der Waals surface area contributed by atoms with Gasteiger partial charge >= 0.3 is 6.09 Å². The number of carbonyl (C=O) groups is 1. The molecule has 1 N–H and O–H groups in total. The van der Waals surface area contributed by atoms with Gasteiger partial charge < -0.3 is 10.1 Å². The Balaban J connectivity index is 1.52. The molecule has 1 aliphatic carbocycles. The molecule has 3 aromatic rings. The van der Waals surface area contributed by atoms with E-state index in [-0.39, 0.29) is 12.1 Å². The summed E-state index contributed by atoms with van der Waals surface area (Å²) in [6.07, 6.45) is 4.57. The van der Waals surface area contributed by atoms with E-state index in [0.29, 0.717) is 5.82 Å². The second kappa shape index (κ2) is 9.79. The fourth-order valence-corrected chi connectivity index (χ4v) is 3.53. The van der Waals surface area contributed by atoms with Crippen molar-refractivity contribution in [1.29, 1.82) is 0 Å². The molecule has 1 aliphatic rings. The lowest BCUT2D eigenvalue weighted by atomic mass is 9.91. The molecule has 168 valence electrons. The molecular weight excluding hydrogens is 410 g/mol. The number of rotatable bonds is 4. The number of amides is 1. The van der Waals surface area contributed by atoms with Crippen molar-refractivity contribution in [2.45, 2.75) is 51.7 Å². The van der Waals surface area contributed by atoms with E-state index in [4.69, 9.17) is 4.74 Å². The fraction of sp³-hybridized carbons (Fsp3) is 0.286. The zero-order chi connectivity index (χ0) is 23.3. The molecule has 0 radical (unpaired) electrons. The summed E-state index contributed by atoms with van der Waals surface area (Å²) in [5.74, 6) is 7.07. The van der Waals surface area contributed by atoms with Crippen molar-refractivity contribution in [2.24, 2.45) is 0 Å². The lowest BCUT2D eigenvalue weighted by Crippen LogP contribution is -2.46. The minimum atomic E-state index is -0.531. The van der Waals surface area contributed by atoms with Gasteiger partial charge in [0.1, 0.15) is 11.4 Å². The maximum Gasteiger partial charge on any atom is 0.415 e. The minimum absolute atomic E-state index is 0.189. The van der Waals surface area contributed by atoms with E-state index in [0.717, 1.165) is 41.8 Å². The van der Waals surface area contributed by atoms with Gasteiger partial charge in [-0.25, -0.2) is 9.78 Å². The van der Waals surface area contributed by atoms with Crippen LogP contribution < -0.4 is 10.2 Å². The van der Waals surface area contributed by atoms with Crippen LogP contribution in [0.25, 0.3) is 0 Å². The van der Waals surface area contributed by atoms with Crippen molar-refractivity contribution in [2.75, 3.05) is 10.2 Å². The van der Waals surface area contributed by atoms with Crippen LogP contribution in [0.15, 0.2) is 72.9 Å². The molecular formula is C28H29N3O2. The van der Waals surface area contributed by atoms with Gasteiger partial charge in [-0.3, -0.25) is 4.90 Å². The Morgan fingerprint density at radius 1 is 1.00 bits per heavy atom. The van der Waals surface area contributed by atoms with Crippen molar-refractivity contribution < 1.29 is 9.53 Å². The lowest BCUT2D eigenvalue weighted by molar-refractivity contribution is 0.0549. The summed E-state index contributed by atoms with van der Waals surface area (Å²) in [6.45, 7) is 5.67. The van der Waals surface area contributed by atoms with Crippen LogP contribution in [-0.2, 0) is 4.74 Å². The average Bonchev–Trinajstić information content (AvgIpc) is 2.76. The summed E-state index contributed by atoms with van der Waals surface area (Å²) in [6, 6.07) is 21.7. The first kappa shape index (κ1) is 22.4. The van der Waals surface area contributed by atoms with E-state index in [1.54, 1.807) is 11.1 Å². The van der Waals surface area contributed by atoms with E-state index in [1.807, 2.05) is 87.5 Å². The van der Waals surface area contributed by atoms with Gasteiger partial charge in [0.15, 0.2) is 0 Å². The SMILES string of the molecule is CC(C)(C)OC(=O)N(c1ccc(Nc2ncccc2C#Cc2ccccc2)cc1)C1CCC1. The van der Waals surface area contributed by atoms with Gasteiger partial charge in [-0.1, -0.05) is 30.0 Å². The highest BCUT2D eigenvalue weighted by molar-refractivity contribution is 5.89. The van der Waals surface area contributed by atoms with E-state index < -0.39 is 5.60 Å². The second-order valence-electron chi connectivity index (χ2n) is 9.12. The zero-order valence-electron chi connectivity index (χ0n) is 19.3. The Labute approximate surface area is 195 Å². The van der Waals surface area contributed by atoms with Crippen LogP contribution in [0.2, 0.25) is 0 Å². The highest BCUT2D eigenvalue weighted by Crippen LogP contribution is 2.32. The van der Waals surface area contributed by atoms with E-state index in [9.17, 15) is 4.79 Å². The van der Waals surface area contributed by atoms with Crippen molar-refractivity contribution in [3.63, 3.8) is 0 Å². The molecule has 4 rings (SSSR count). The summed E-state index contributed by atoms with van der Waals surface area (Å²) in [4.78, 5) is 19.1. The summed E-state index contributed by atoms with van der Waals surface area (Å²) in [7, 11) is 0. The Morgan fingerprint density at radius 3 is 2.36 bits per heavy atom. The molecule has 0 atom stereocenters. The molecule has 2 aromatic carbocycles. The number of benzene rings is 2. The Hall–Kier alpha value is -3.78. The number of nitrogens with one attached hydrogen (secondary N) is 1. The van der Waals surface area contributed by atoms with Gasteiger partial charge in [0.05, 0.1) is 5.56 Å². The van der Waals surface area contributed by atoms with Crippen LogP contribution in [0.4, 0.5) is 22.0 Å². The molecule has 0 aliphatic heterocycles. The van der Waals surface area contributed by atoms with Gasteiger partial charge in [-0.2, -0.15) is 0 Å². The second-order valence-corrected chi connectivity index (χ2v) is 9.12. The fourth-order valence-electron chi connectivity index (χ4n) is 3.53. The molecule has 1 fully saturated rings. The molecule has 0 bridgehead atoms. The number of hydrogen-bond donors (Lipinski definition) is 1. The summed E-state index contributed by atoms with van der Waals surface area (Å²) in [5.41, 5.74) is 2.95. The predicted octanol–water partition coefficient (Wildman–Crippen LogP) is 6.52. The molecule has 1 aromatic heterocycles. The first-order valence-electron chi connectivity index (χ1n) is 11.3. The van der Waals surface area contributed by atoms with Crippen LogP contribution >= 0.6 is 0 Å². The molecule has 1 heterocycles. The van der Waals surface area contributed by atoms with Crippen molar-refractivity contribution >= 4 is 23.3 Å². The number of hydrogen-bond acceptors (Lipinski definition) is 4. The molecule has 1 amide bonds. The third-order valence-corrected chi connectivity index (χ3v) is 5.36. The normalized spacial score (nSPS) is 13.3. The summed E-state index contributed by atoms with van der Waals surface area (Å²) in [5, 5.41) is 3.35. The lowest BCUT2D eigenvalue weighted by Gasteiger charge is -2.38. The molecule has 5 heteroatoms. The van der Waals surface area contributed by atoms with Crippen LogP contribution in [0.3, 0.4) is 0 Å². The van der Waals surface area contributed by atoms with E-state index in [1.165, 1.54) is 0 Å². The average molecular weight is 440 g/mol. The molecule has 5 nitrogen and oxygen atoms in total. The summed E-state index contributed by atoms with van der Waals surface area (Å²) >= 11 is 0. The maximum atomic E-state index is 12.9. The smallest absolute Gasteiger partial charge is 0.415 e. The standard InChI is InChI=1S/C28H29N3O2/c1-28(2,3)33-27(32)31(24-12-7-13-24)25-18-16-23(17-19-25)30-26-22(11-8-20-29-26)15-14-21-9-5-4-6-10-21/h4-6,8-11,16-20,24H,7,12-13H2,1-3H3,(H,29,30). The van der Waals surface area contributed by atoms with Crippen molar-refractivity contribution in [3.8, 4) is 11.8 Å². The number of nitrogens with zero attached hydrogens (tertiary/aromatic N) is 2. The highest BCUT2D eigenvalue weighted by atomic mass is 16.6. The first-order valence-corrected chi connectivity index (χ1v) is 11.3. The molecule has 0 spiro atoms. The van der Waals surface area contributed by atoms with Gasteiger partial charge in [-0.15, -0.1) is 0 Å². The highest BCUT2D eigenvalue weighted by Gasteiger charge is 2.33. The van der Waals surface area contributed by atoms with Crippen molar-refractivity contribution in [1.82, 2.24) is 4.98 Å². The quantitative estimate of drug-likeness (QED) is 0.470. The number of ether oxygens (including phenoxy) is 1. The minimum Gasteiger partial charge on any atom is -0.443 e. The Kier molecular flexibility index (Phi) is 6.65. The molecule has 0 saturated heterocycles. The number of anilines is 3. The van der Waals surface area contributed by atoms with Gasteiger partial charge in [0.25, 0.3) is 0 Å². The third kappa shape index (κ3) is 5.93. The topological polar surface area (TPSA) is 54.5 Å². The largest absolute Gasteiger partial charge is 0.443 e. The van der Waals surface area contributed by atoms with Gasteiger partial charge in [0.2, 0.25) is 0 Å². The number of carbonyl (C=O) groups excluding carboxylic acids is 1. The first-order chi connectivity index (χ1) is 15.9. The van der Waals surface area contributed by atoms with E-state index >= 15 is 0 Å². The molecule has 1 saturated carbocycles. The Morgan fingerprint density at radius 2 is 1.73 bits per heavy atom. The van der Waals surface area contributed by atoms with Crippen LogP contribution in [-0.4, -0.2) is 22.7 Å². The molecule has 33 heavy (non-hydrogen) atoms. The Bertz CT molecular complexity index is 1150. The summed E-state index contributed by atoms with van der Waals surface area (Å²) < 4.78 is 5.66. The number of pyridine rings is 1. The third-order valence-electron chi connectivity index (χ3n) is 5.36. The van der Waals surface area contributed by atoms with Crippen LogP contribution in [0.1, 0.15) is 51.2 Å². The predicted molar refractivity (Wildman–Crippen MR) is 133 cm³/mol.